The topological polar surface area (TPSA) is 12.0 Å². The quantitative estimate of drug-likeness (QED) is 0.759. The van der Waals surface area contributed by atoms with Crippen molar-refractivity contribution < 1.29 is 0 Å². The third-order valence-corrected chi connectivity index (χ3v) is 5.67. The molecule has 17 heavy (non-hydrogen) atoms. The molecule has 3 aliphatic rings. The van der Waals surface area contributed by atoms with E-state index in [9.17, 15) is 0 Å². The first-order valence-corrected chi connectivity index (χ1v) is 8.15. The monoisotopic (exact) mass is 235 g/mol. The molecule has 1 N–H and O–H groups in total. The molecule has 2 saturated carbocycles. The lowest BCUT2D eigenvalue weighted by atomic mass is 9.72. The van der Waals surface area contributed by atoms with Crippen LogP contribution in [0, 0.1) is 17.8 Å². The van der Waals surface area contributed by atoms with Crippen LogP contribution in [0.15, 0.2) is 0 Å². The van der Waals surface area contributed by atoms with Gasteiger partial charge in [0.2, 0.25) is 0 Å². The zero-order valence-corrected chi connectivity index (χ0v) is 11.3. The van der Waals surface area contributed by atoms with Gasteiger partial charge in [0.05, 0.1) is 0 Å². The Hall–Kier alpha value is -0.0400. The van der Waals surface area contributed by atoms with Gasteiger partial charge in [-0.05, 0) is 43.6 Å². The normalized spacial score (nSPS) is 39.9. The van der Waals surface area contributed by atoms with E-state index < -0.39 is 0 Å². The van der Waals surface area contributed by atoms with Gasteiger partial charge in [0.15, 0.2) is 0 Å². The van der Waals surface area contributed by atoms with Crippen molar-refractivity contribution in [3.05, 3.63) is 0 Å². The van der Waals surface area contributed by atoms with E-state index in [0.717, 1.165) is 23.8 Å². The Labute approximate surface area is 107 Å². The molecule has 98 valence electrons. The zero-order chi connectivity index (χ0) is 11.5. The summed E-state index contributed by atoms with van der Waals surface area (Å²) in [4.78, 5) is 0. The number of hydrogen-bond donors (Lipinski definition) is 1. The van der Waals surface area contributed by atoms with Gasteiger partial charge < -0.3 is 5.32 Å². The van der Waals surface area contributed by atoms with E-state index in [1.54, 1.807) is 0 Å². The van der Waals surface area contributed by atoms with Crippen molar-refractivity contribution in [3.63, 3.8) is 0 Å². The predicted octanol–water partition coefficient (Wildman–Crippen LogP) is 4.13. The molecule has 1 heteroatoms. The van der Waals surface area contributed by atoms with Crippen molar-refractivity contribution in [1.82, 2.24) is 5.32 Å². The second kappa shape index (κ2) is 5.73. The van der Waals surface area contributed by atoms with Gasteiger partial charge >= 0.3 is 0 Å². The van der Waals surface area contributed by atoms with E-state index in [4.69, 9.17) is 0 Å². The highest BCUT2D eigenvalue weighted by Gasteiger charge is 2.32. The summed E-state index contributed by atoms with van der Waals surface area (Å²) in [6.45, 7) is 1.34. The van der Waals surface area contributed by atoms with Crippen LogP contribution in [-0.2, 0) is 0 Å². The van der Waals surface area contributed by atoms with Gasteiger partial charge in [0.1, 0.15) is 0 Å². The number of piperidine rings is 1. The van der Waals surface area contributed by atoms with E-state index in [0.29, 0.717) is 0 Å². The summed E-state index contributed by atoms with van der Waals surface area (Å²) in [6, 6.07) is 0.873. The second-order valence-electron chi connectivity index (χ2n) is 6.89. The molecule has 0 aromatic heterocycles. The summed E-state index contributed by atoms with van der Waals surface area (Å²) in [5, 5.41) is 3.87. The van der Waals surface area contributed by atoms with Crippen LogP contribution in [0.5, 0.6) is 0 Å². The summed E-state index contributed by atoms with van der Waals surface area (Å²) in [7, 11) is 0. The van der Waals surface area contributed by atoms with Gasteiger partial charge in [-0.25, -0.2) is 0 Å². The molecule has 0 bridgehead atoms. The molecule has 3 fully saturated rings. The Morgan fingerprint density at radius 2 is 1.47 bits per heavy atom. The summed E-state index contributed by atoms with van der Waals surface area (Å²) in [6.07, 6.45) is 16.6. The minimum atomic E-state index is 0.873. The molecule has 3 unspecified atom stereocenters. The summed E-state index contributed by atoms with van der Waals surface area (Å²) in [5.74, 6) is 3.17. The van der Waals surface area contributed by atoms with Crippen molar-refractivity contribution in [3.8, 4) is 0 Å². The van der Waals surface area contributed by atoms with E-state index in [2.05, 4.69) is 5.32 Å². The molecule has 2 aliphatic carbocycles. The van der Waals surface area contributed by atoms with Crippen LogP contribution >= 0.6 is 0 Å². The molecule has 0 amide bonds. The molecule has 3 atom stereocenters. The number of rotatable bonds is 2. The number of hydrogen-bond acceptors (Lipinski definition) is 1. The van der Waals surface area contributed by atoms with E-state index in [1.807, 2.05) is 0 Å². The molecule has 1 aliphatic heterocycles. The molecule has 0 radical (unpaired) electrons. The highest BCUT2D eigenvalue weighted by molar-refractivity contribution is 4.88. The molecular weight excluding hydrogens is 206 g/mol. The van der Waals surface area contributed by atoms with Crippen LogP contribution < -0.4 is 5.32 Å². The largest absolute Gasteiger partial charge is 0.314 e. The lowest BCUT2D eigenvalue weighted by Gasteiger charge is -2.41. The van der Waals surface area contributed by atoms with Crippen LogP contribution in [0.3, 0.4) is 0 Å². The first-order valence-electron chi connectivity index (χ1n) is 8.15. The molecular formula is C16H29N. The minimum Gasteiger partial charge on any atom is -0.314 e. The first kappa shape index (κ1) is 12.0. The third-order valence-electron chi connectivity index (χ3n) is 5.67. The van der Waals surface area contributed by atoms with Gasteiger partial charge in [-0.15, -0.1) is 0 Å². The third kappa shape index (κ3) is 3.05. The SMILES string of the molecule is C1CCC(CC2CC3CCCCC3CN2)CC1. The van der Waals surface area contributed by atoms with Crippen molar-refractivity contribution >= 4 is 0 Å². The first-order chi connectivity index (χ1) is 8.42. The molecule has 0 spiro atoms. The van der Waals surface area contributed by atoms with Crippen LogP contribution in [0.1, 0.15) is 70.6 Å². The predicted molar refractivity (Wildman–Crippen MR) is 73.0 cm³/mol. The smallest absolute Gasteiger partial charge is 0.00725 e. The Morgan fingerprint density at radius 3 is 2.29 bits per heavy atom. The van der Waals surface area contributed by atoms with Gasteiger partial charge in [0.25, 0.3) is 0 Å². The van der Waals surface area contributed by atoms with Crippen molar-refractivity contribution in [2.75, 3.05) is 6.54 Å². The van der Waals surface area contributed by atoms with Gasteiger partial charge in [-0.1, -0.05) is 51.4 Å². The van der Waals surface area contributed by atoms with Crippen LogP contribution in [-0.4, -0.2) is 12.6 Å². The average molecular weight is 235 g/mol. The standard InChI is InChI=1S/C16H29N/c1-2-6-13(7-3-1)10-16-11-14-8-4-5-9-15(14)12-17-16/h13-17H,1-12H2. The zero-order valence-electron chi connectivity index (χ0n) is 11.3. The Morgan fingerprint density at radius 1 is 0.765 bits per heavy atom. The maximum atomic E-state index is 3.87. The van der Waals surface area contributed by atoms with Gasteiger partial charge in [-0.3, -0.25) is 0 Å². The number of nitrogens with one attached hydrogen (secondary N) is 1. The van der Waals surface area contributed by atoms with E-state index >= 15 is 0 Å². The molecule has 3 rings (SSSR count). The lowest BCUT2D eigenvalue weighted by Crippen LogP contribution is -2.45. The Kier molecular flexibility index (Phi) is 4.05. The van der Waals surface area contributed by atoms with Crippen LogP contribution in [0.4, 0.5) is 0 Å². The molecule has 0 aromatic rings. The van der Waals surface area contributed by atoms with Crippen LogP contribution in [0.2, 0.25) is 0 Å². The van der Waals surface area contributed by atoms with E-state index in [1.165, 1.54) is 77.2 Å². The average Bonchev–Trinajstić information content (AvgIpc) is 2.40. The highest BCUT2D eigenvalue weighted by Crippen LogP contribution is 2.37. The van der Waals surface area contributed by atoms with Crippen molar-refractivity contribution in [2.45, 2.75) is 76.7 Å². The fourth-order valence-electron chi connectivity index (χ4n) is 4.64. The molecule has 1 heterocycles. The summed E-state index contributed by atoms with van der Waals surface area (Å²) < 4.78 is 0. The molecule has 1 saturated heterocycles. The lowest BCUT2D eigenvalue weighted by molar-refractivity contribution is 0.137. The second-order valence-corrected chi connectivity index (χ2v) is 6.89. The van der Waals surface area contributed by atoms with Crippen molar-refractivity contribution in [2.24, 2.45) is 17.8 Å². The Balaban J connectivity index is 1.48. The maximum absolute atomic E-state index is 3.87. The fourth-order valence-corrected chi connectivity index (χ4v) is 4.64. The fraction of sp³-hybridized carbons (Fsp3) is 1.00. The van der Waals surface area contributed by atoms with Gasteiger partial charge in [-0.2, -0.15) is 0 Å². The Bertz CT molecular complexity index is 230. The van der Waals surface area contributed by atoms with E-state index in [-0.39, 0.29) is 0 Å². The van der Waals surface area contributed by atoms with Crippen LogP contribution in [0.25, 0.3) is 0 Å². The summed E-state index contributed by atoms with van der Waals surface area (Å²) >= 11 is 0. The number of fused-ring (bicyclic) bond motifs is 1. The van der Waals surface area contributed by atoms with Crippen molar-refractivity contribution in [1.29, 1.82) is 0 Å². The maximum Gasteiger partial charge on any atom is 0.00725 e. The summed E-state index contributed by atoms with van der Waals surface area (Å²) in [5.41, 5.74) is 0. The molecule has 0 aromatic carbocycles. The van der Waals surface area contributed by atoms with Gasteiger partial charge in [0, 0.05) is 6.04 Å². The molecule has 1 nitrogen and oxygen atoms in total. The highest BCUT2D eigenvalue weighted by atomic mass is 14.9. The minimum absolute atomic E-state index is 0.873.